The maximum Gasteiger partial charge on any atom is 0.349 e. The highest BCUT2D eigenvalue weighted by atomic mass is 16.5. The summed E-state index contributed by atoms with van der Waals surface area (Å²) in [5, 5.41) is 12.2. The number of rotatable bonds is 7. The number of hydrogen-bond acceptors (Lipinski definition) is 7. The number of anilines is 1. The monoisotopic (exact) mass is 410 g/mol. The van der Waals surface area contributed by atoms with E-state index in [0.717, 1.165) is 18.4 Å². The molecule has 1 aliphatic carbocycles. The number of amides is 1. The minimum atomic E-state index is -0.808. The lowest BCUT2D eigenvalue weighted by Crippen LogP contribution is -2.21. The van der Waals surface area contributed by atoms with Crippen molar-refractivity contribution in [3.63, 3.8) is 0 Å². The van der Waals surface area contributed by atoms with Gasteiger partial charge in [-0.1, -0.05) is 12.1 Å². The van der Waals surface area contributed by atoms with Crippen molar-refractivity contribution in [3.8, 4) is 11.5 Å². The Labute approximate surface area is 172 Å². The first-order valence-corrected chi connectivity index (χ1v) is 9.54. The third-order valence-electron chi connectivity index (χ3n) is 5.13. The van der Waals surface area contributed by atoms with Gasteiger partial charge in [0.05, 0.1) is 13.7 Å². The predicted molar refractivity (Wildman–Crippen MR) is 111 cm³/mol. The highest BCUT2D eigenvalue weighted by molar-refractivity contribution is 6.05. The van der Waals surface area contributed by atoms with Crippen molar-refractivity contribution < 1.29 is 23.8 Å². The van der Waals surface area contributed by atoms with Gasteiger partial charge in [0, 0.05) is 16.6 Å². The van der Waals surface area contributed by atoms with Gasteiger partial charge in [-0.3, -0.25) is 4.79 Å². The molecule has 4 N–H and O–H groups in total. The molecule has 1 aliphatic rings. The van der Waals surface area contributed by atoms with Crippen LogP contribution in [-0.2, 0) is 5.54 Å². The summed E-state index contributed by atoms with van der Waals surface area (Å²) in [6.07, 6.45) is 1.90. The van der Waals surface area contributed by atoms with Crippen molar-refractivity contribution in [2.24, 2.45) is 5.73 Å². The summed E-state index contributed by atoms with van der Waals surface area (Å²) in [7, 11) is 1.45. The predicted octanol–water partition coefficient (Wildman–Crippen LogP) is 2.37. The second kappa shape index (κ2) is 7.81. The molecule has 0 radical (unpaired) electrons. The lowest BCUT2D eigenvalue weighted by atomic mass is 10.1. The lowest BCUT2D eigenvalue weighted by molar-refractivity contribution is 0.102. The zero-order chi connectivity index (χ0) is 21.3. The Morgan fingerprint density at radius 2 is 1.97 bits per heavy atom. The van der Waals surface area contributed by atoms with E-state index in [4.69, 9.17) is 24.7 Å². The Kier molecular flexibility index (Phi) is 5.19. The van der Waals surface area contributed by atoms with Gasteiger partial charge in [0.25, 0.3) is 5.91 Å². The van der Waals surface area contributed by atoms with Gasteiger partial charge < -0.3 is 30.0 Å². The van der Waals surface area contributed by atoms with Crippen LogP contribution in [0.2, 0.25) is 0 Å². The van der Waals surface area contributed by atoms with Crippen molar-refractivity contribution in [2.75, 3.05) is 25.6 Å². The van der Waals surface area contributed by atoms with E-state index < -0.39 is 11.5 Å². The molecule has 156 valence electrons. The van der Waals surface area contributed by atoms with Gasteiger partial charge in [-0.05, 0) is 48.7 Å². The van der Waals surface area contributed by atoms with Crippen LogP contribution in [0.4, 0.5) is 5.69 Å². The highest BCUT2D eigenvalue weighted by Crippen LogP contribution is 2.42. The zero-order valence-corrected chi connectivity index (χ0v) is 16.4. The molecule has 3 aromatic rings. The largest absolute Gasteiger partial charge is 0.493 e. The van der Waals surface area contributed by atoms with Crippen LogP contribution in [0.15, 0.2) is 51.7 Å². The molecule has 8 nitrogen and oxygen atoms in total. The molecule has 8 heteroatoms. The van der Waals surface area contributed by atoms with Crippen LogP contribution in [0.25, 0.3) is 11.0 Å². The fourth-order valence-corrected chi connectivity index (χ4v) is 3.25. The molecule has 0 spiro atoms. The zero-order valence-electron chi connectivity index (χ0n) is 16.4. The Bertz CT molecular complexity index is 1150. The van der Waals surface area contributed by atoms with Gasteiger partial charge in [0.2, 0.25) is 5.75 Å². The fraction of sp³-hybridized carbons (Fsp3) is 0.273. The molecule has 30 heavy (non-hydrogen) atoms. The first-order chi connectivity index (χ1) is 14.4. The number of aliphatic hydroxyl groups is 1. The number of fused-ring (bicyclic) bond motifs is 1. The van der Waals surface area contributed by atoms with E-state index in [-0.39, 0.29) is 35.6 Å². The Balaban J connectivity index is 1.62. The first kappa shape index (κ1) is 19.9. The summed E-state index contributed by atoms with van der Waals surface area (Å²) in [5.74, 6) is -0.0369. The molecular weight excluding hydrogens is 388 g/mol. The molecule has 1 aromatic heterocycles. The summed E-state index contributed by atoms with van der Waals surface area (Å²) in [5.41, 5.74) is 6.69. The van der Waals surface area contributed by atoms with E-state index in [2.05, 4.69) is 5.32 Å². The van der Waals surface area contributed by atoms with Gasteiger partial charge in [0.15, 0.2) is 11.3 Å². The standard InChI is InChI=1S/C22H22N2O6/c1-28-17-7-2-13-12-16(21(27)30-18(13)19(17)29-11-10-25)20(26)24-15-5-3-14(4-6-15)22(23)8-9-22/h2-7,12,25H,8-11,23H2,1H3,(H,24,26). The smallest absolute Gasteiger partial charge is 0.349 e. The molecule has 0 aliphatic heterocycles. The van der Waals surface area contributed by atoms with Gasteiger partial charge in [-0.2, -0.15) is 0 Å². The second-order valence-electron chi connectivity index (χ2n) is 7.22. The quantitative estimate of drug-likeness (QED) is 0.511. The number of ether oxygens (including phenoxy) is 2. The van der Waals surface area contributed by atoms with Crippen LogP contribution >= 0.6 is 0 Å². The fourth-order valence-electron chi connectivity index (χ4n) is 3.25. The molecule has 1 heterocycles. The van der Waals surface area contributed by atoms with Gasteiger partial charge >= 0.3 is 5.63 Å². The maximum atomic E-state index is 12.7. The SMILES string of the molecule is COc1ccc2cc(C(=O)Nc3ccc(C4(N)CC4)cc3)c(=O)oc2c1OCCO. The molecule has 0 bridgehead atoms. The summed E-state index contributed by atoms with van der Waals surface area (Å²) in [4.78, 5) is 25.2. The normalized spacial score (nSPS) is 14.4. The summed E-state index contributed by atoms with van der Waals surface area (Å²) in [6.45, 7) is -0.212. The third kappa shape index (κ3) is 3.74. The molecule has 1 fully saturated rings. The molecule has 0 atom stereocenters. The molecule has 1 saturated carbocycles. The molecule has 4 rings (SSSR count). The first-order valence-electron chi connectivity index (χ1n) is 9.54. The van der Waals surface area contributed by atoms with Crippen LogP contribution in [0.1, 0.15) is 28.8 Å². The molecule has 0 unspecified atom stereocenters. The molecule has 2 aromatic carbocycles. The van der Waals surface area contributed by atoms with E-state index in [1.165, 1.54) is 13.2 Å². The summed E-state index contributed by atoms with van der Waals surface area (Å²) < 4.78 is 16.1. The Hall–Kier alpha value is -3.36. The third-order valence-corrected chi connectivity index (χ3v) is 5.13. The number of benzene rings is 2. The highest BCUT2D eigenvalue weighted by Gasteiger charge is 2.39. The van der Waals surface area contributed by atoms with Crippen molar-refractivity contribution >= 4 is 22.6 Å². The number of methoxy groups -OCH3 is 1. The Morgan fingerprint density at radius 3 is 2.60 bits per heavy atom. The summed E-state index contributed by atoms with van der Waals surface area (Å²) >= 11 is 0. The van der Waals surface area contributed by atoms with Gasteiger partial charge in [-0.25, -0.2) is 4.79 Å². The van der Waals surface area contributed by atoms with Crippen LogP contribution < -0.4 is 26.1 Å². The lowest BCUT2D eigenvalue weighted by Gasteiger charge is -2.12. The average molecular weight is 410 g/mol. The van der Waals surface area contributed by atoms with Crippen molar-refractivity contribution in [1.82, 2.24) is 0 Å². The average Bonchev–Trinajstić information content (AvgIpc) is 3.50. The van der Waals surface area contributed by atoms with Crippen LogP contribution in [0.3, 0.4) is 0 Å². The van der Waals surface area contributed by atoms with E-state index in [1.807, 2.05) is 12.1 Å². The van der Waals surface area contributed by atoms with Crippen LogP contribution in [0.5, 0.6) is 11.5 Å². The Morgan fingerprint density at radius 1 is 1.23 bits per heavy atom. The number of carbonyl (C=O) groups excluding carboxylic acids is 1. The number of aliphatic hydroxyl groups excluding tert-OH is 1. The molecular formula is C22H22N2O6. The van der Waals surface area contributed by atoms with E-state index >= 15 is 0 Å². The number of nitrogens with two attached hydrogens (primary N) is 1. The maximum absolute atomic E-state index is 12.7. The topological polar surface area (TPSA) is 124 Å². The van der Waals surface area contributed by atoms with Crippen molar-refractivity contribution in [3.05, 3.63) is 64.0 Å². The van der Waals surface area contributed by atoms with Crippen LogP contribution in [0, 0.1) is 0 Å². The molecule has 1 amide bonds. The van der Waals surface area contributed by atoms with E-state index in [0.29, 0.717) is 16.8 Å². The van der Waals surface area contributed by atoms with Crippen LogP contribution in [-0.4, -0.2) is 31.3 Å². The van der Waals surface area contributed by atoms with Gasteiger partial charge in [0.1, 0.15) is 12.2 Å². The molecule has 0 saturated heterocycles. The number of nitrogens with one attached hydrogen (secondary N) is 1. The summed E-state index contributed by atoms with van der Waals surface area (Å²) in [6, 6.07) is 12.0. The van der Waals surface area contributed by atoms with E-state index in [9.17, 15) is 9.59 Å². The minimum Gasteiger partial charge on any atom is -0.493 e. The van der Waals surface area contributed by atoms with Gasteiger partial charge in [-0.15, -0.1) is 0 Å². The second-order valence-corrected chi connectivity index (χ2v) is 7.22. The number of carbonyl (C=O) groups is 1. The van der Waals surface area contributed by atoms with E-state index in [1.54, 1.807) is 24.3 Å². The van der Waals surface area contributed by atoms with Crippen molar-refractivity contribution in [1.29, 1.82) is 0 Å². The number of hydrogen-bond donors (Lipinski definition) is 3. The minimum absolute atomic E-state index is 0.00149. The van der Waals surface area contributed by atoms with Crippen molar-refractivity contribution in [2.45, 2.75) is 18.4 Å².